The minimum Gasteiger partial charge on any atom is -1.00 e. The van der Waals surface area contributed by atoms with Crippen molar-refractivity contribution < 1.29 is 17.0 Å². The summed E-state index contributed by atoms with van der Waals surface area (Å²) in [6.45, 7) is 2.08. The Bertz CT molecular complexity index is 468. The molecule has 2 aromatic carbocycles. The van der Waals surface area contributed by atoms with E-state index >= 15 is 0 Å². The summed E-state index contributed by atoms with van der Waals surface area (Å²) in [5.74, 6) is 0. The summed E-state index contributed by atoms with van der Waals surface area (Å²) in [5.41, 5.74) is 2.45. The van der Waals surface area contributed by atoms with E-state index < -0.39 is 0 Å². The minimum atomic E-state index is 0. The molecule has 0 N–H and O–H groups in total. The zero-order valence-corrected chi connectivity index (χ0v) is 12.9. The molecule has 0 bridgehead atoms. The first kappa shape index (κ1) is 15.7. The molecule has 0 aliphatic rings. The Kier molecular flexibility index (Phi) is 6.37. The molecule has 0 heterocycles. The average molecular weight is 288 g/mol. The minimum absolute atomic E-state index is 0. The van der Waals surface area contributed by atoms with Crippen LogP contribution in [-0.2, 0) is 0 Å². The van der Waals surface area contributed by atoms with Crippen LogP contribution in [0.4, 0.5) is 5.69 Å². The van der Waals surface area contributed by atoms with E-state index in [4.69, 9.17) is 0 Å². The van der Waals surface area contributed by atoms with Crippen LogP contribution in [-0.4, -0.2) is 37.1 Å². The standard InChI is InChI=1S/C13H14N.BrH.Mg/c1-10-8-11-6-4-5-7-12(11)13(9-10)14(2)3;;/h4-7,9H,1-3H3;1H;/q-1;;+2/p-1. The van der Waals surface area contributed by atoms with Crippen LogP contribution in [0.5, 0.6) is 0 Å². The van der Waals surface area contributed by atoms with Crippen molar-refractivity contribution in [1.29, 1.82) is 0 Å². The molecule has 0 radical (unpaired) electrons. The van der Waals surface area contributed by atoms with Crippen molar-refractivity contribution in [3.8, 4) is 0 Å². The van der Waals surface area contributed by atoms with Crippen LogP contribution >= 0.6 is 0 Å². The molecule has 16 heavy (non-hydrogen) atoms. The van der Waals surface area contributed by atoms with Gasteiger partial charge in [0, 0.05) is 14.1 Å². The zero-order valence-electron chi connectivity index (χ0n) is 9.92. The Morgan fingerprint density at radius 2 is 1.75 bits per heavy atom. The van der Waals surface area contributed by atoms with E-state index in [-0.39, 0.29) is 40.0 Å². The van der Waals surface area contributed by atoms with Crippen LogP contribution in [0.2, 0.25) is 0 Å². The van der Waals surface area contributed by atoms with Gasteiger partial charge < -0.3 is 21.9 Å². The summed E-state index contributed by atoms with van der Waals surface area (Å²) in [5, 5.41) is 2.46. The van der Waals surface area contributed by atoms with Gasteiger partial charge in [0.25, 0.3) is 0 Å². The Morgan fingerprint density at radius 3 is 2.38 bits per heavy atom. The fraction of sp³-hybridized carbons (Fsp3) is 0.231. The molecule has 0 atom stereocenters. The maximum absolute atomic E-state index is 3.36. The van der Waals surface area contributed by atoms with Crippen LogP contribution < -0.4 is 21.9 Å². The first-order valence-corrected chi connectivity index (χ1v) is 4.77. The van der Waals surface area contributed by atoms with Gasteiger partial charge in [0.2, 0.25) is 0 Å². The molecule has 80 valence electrons. The van der Waals surface area contributed by atoms with E-state index in [9.17, 15) is 0 Å². The Hall–Kier alpha value is -0.254. The summed E-state index contributed by atoms with van der Waals surface area (Å²) in [4.78, 5) is 2.14. The first-order valence-electron chi connectivity index (χ1n) is 4.77. The molecule has 2 aromatic rings. The number of hydrogen-bond donors (Lipinski definition) is 0. The predicted octanol–water partition coefficient (Wildman–Crippen LogP) is -0.362. The quantitative estimate of drug-likeness (QED) is 0.512. The number of nitrogens with zero attached hydrogens (tertiary/aromatic N) is 1. The molecule has 3 heteroatoms. The van der Waals surface area contributed by atoms with Crippen LogP contribution in [0.15, 0.2) is 30.3 Å². The second kappa shape index (κ2) is 6.47. The van der Waals surface area contributed by atoms with Gasteiger partial charge in [-0.3, -0.25) is 0 Å². The Labute approximate surface area is 124 Å². The molecular formula is C13H14BrMgN. The maximum atomic E-state index is 3.36. The molecule has 0 saturated heterocycles. The molecule has 2 rings (SSSR count). The van der Waals surface area contributed by atoms with Crippen molar-refractivity contribution in [2.45, 2.75) is 6.92 Å². The van der Waals surface area contributed by atoms with Crippen LogP contribution in [0, 0.1) is 13.0 Å². The first-order chi connectivity index (χ1) is 6.68. The summed E-state index contributed by atoms with van der Waals surface area (Å²) >= 11 is 0. The monoisotopic (exact) mass is 287 g/mol. The Balaban J connectivity index is 0.00000112. The topological polar surface area (TPSA) is 3.24 Å². The third kappa shape index (κ3) is 3.12. The van der Waals surface area contributed by atoms with E-state index in [0.29, 0.717) is 0 Å². The second-order valence-corrected chi connectivity index (χ2v) is 3.78. The average Bonchev–Trinajstić information content (AvgIpc) is 2.16. The van der Waals surface area contributed by atoms with Crippen molar-refractivity contribution in [3.05, 3.63) is 42.0 Å². The molecule has 0 aromatic heterocycles. The van der Waals surface area contributed by atoms with E-state index in [1.165, 1.54) is 22.0 Å². The normalized spacial score (nSPS) is 9.19. The molecule has 0 aliphatic heterocycles. The van der Waals surface area contributed by atoms with E-state index in [0.717, 1.165) is 0 Å². The van der Waals surface area contributed by atoms with Crippen LogP contribution in [0.3, 0.4) is 0 Å². The molecule has 0 aliphatic carbocycles. The fourth-order valence-corrected chi connectivity index (χ4v) is 1.72. The molecule has 1 nitrogen and oxygen atoms in total. The molecule has 0 saturated carbocycles. The third-order valence-corrected chi connectivity index (χ3v) is 2.37. The maximum Gasteiger partial charge on any atom is 2.00 e. The van der Waals surface area contributed by atoms with Crippen molar-refractivity contribution in [3.63, 3.8) is 0 Å². The van der Waals surface area contributed by atoms with Gasteiger partial charge in [0.1, 0.15) is 0 Å². The van der Waals surface area contributed by atoms with Gasteiger partial charge in [-0.15, -0.1) is 35.2 Å². The van der Waals surface area contributed by atoms with Gasteiger partial charge >= 0.3 is 23.1 Å². The number of aryl methyl sites for hydroxylation is 1. The number of rotatable bonds is 1. The van der Waals surface area contributed by atoms with Gasteiger partial charge in [0.15, 0.2) is 0 Å². The smallest absolute Gasteiger partial charge is 1.00 e. The van der Waals surface area contributed by atoms with Crippen molar-refractivity contribution in [1.82, 2.24) is 0 Å². The number of anilines is 1. The second-order valence-electron chi connectivity index (χ2n) is 3.78. The number of hydrogen-bond acceptors (Lipinski definition) is 1. The largest absolute Gasteiger partial charge is 2.00 e. The SMILES string of the molecule is Cc1[c-]c2ccccc2c(N(C)C)c1.[Br-].[Mg+2]. The predicted molar refractivity (Wildman–Crippen MR) is 67.6 cm³/mol. The zero-order chi connectivity index (χ0) is 10.1. The van der Waals surface area contributed by atoms with E-state index in [1.54, 1.807) is 0 Å². The third-order valence-electron chi connectivity index (χ3n) is 2.37. The molecule has 0 amide bonds. The van der Waals surface area contributed by atoms with E-state index in [2.05, 4.69) is 62.3 Å². The molecular weight excluding hydrogens is 274 g/mol. The number of benzene rings is 2. The summed E-state index contributed by atoms with van der Waals surface area (Å²) in [7, 11) is 4.14. The van der Waals surface area contributed by atoms with Crippen molar-refractivity contribution in [2.24, 2.45) is 0 Å². The van der Waals surface area contributed by atoms with Gasteiger partial charge in [-0.05, 0) is 5.69 Å². The van der Waals surface area contributed by atoms with Crippen LogP contribution in [0.1, 0.15) is 5.56 Å². The number of halogens is 1. The van der Waals surface area contributed by atoms with Crippen LogP contribution in [0.25, 0.3) is 10.8 Å². The Morgan fingerprint density at radius 1 is 1.12 bits per heavy atom. The molecule has 0 unspecified atom stereocenters. The van der Waals surface area contributed by atoms with Gasteiger partial charge in [-0.25, -0.2) is 0 Å². The summed E-state index contributed by atoms with van der Waals surface area (Å²) < 4.78 is 0. The summed E-state index contributed by atoms with van der Waals surface area (Å²) in [6.07, 6.45) is 0. The molecule has 0 spiro atoms. The molecule has 0 fully saturated rings. The van der Waals surface area contributed by atoms with Gasteiger partial charge in [-0.1, -0.05) is 24.4 Å². The summed E-state index contributed by atoms with van der Waals surface area (Å²) in [6, 6.07) is 13.9. The van der Waals surface area contributed by atoms with Gasteiger partial charge in [-0.2, -0.15) is 0 Å². The van der Waals surface area contributed by atoms with E-state index in [1.807, 2.05) is 0 Å². The number of fused-ring (bicyclic) bond motifs is 1. The fourth-order valence-electron chi connectivity index (χ4n) is 1.72. The van der Waals surface area contributed by atoms with Crippen molar-refractivity contribution in [2.75, 3.05) is 19.0 Å². The van der Waals surface area contributed by atoms with Crippen molar-refractivity contribution >= 4 is 39.5 Å². The van der Waals surface area contributed by atoms with Gasteiger partial charge in [0.05, 0.1) is 0 Å².